The van der Waals surface area contributed by atoms with Crippen molar-refractivity contribution in [3.63, 3.8) is 0 Å². The van der Waals surface area contributed by atoms with E-state index in [1.165, 1.54) is 6.07 Å². The van der Waals surface area contributed by atoms with Gasteiger partial charge >= 0.3 is 5.69 Å². The number of nitro benzene ring substituents is 1. The smallest absolute Gasteiger partial charge is 0.311 e. The maximum Gasteiger partial charge on any atom is 0.311 e. The Bertz CT molecular complexity index is 930. The Morgan fingerprint density at radius 2 is 2.00 bits per heavy atom. The van der Waals surface area contributed by atoms with Gasteiger partial charge in [-0.25, -0.2) is 5.43 Å². The fourth-order valence-corrected chi connectivity index (χ4v) is 2.19. The lowest BCUT2D eigenvalue weighted by molar-refractivity contribution is -0.385. The SMILES string of the molecule is Cc1ccc(NC(=O)CC(=O)N/N=C/c2ccc(O)c([N+](=O)[O-])c2)cc1Cl. The number of aryl methyl sites for hydroxylation is 1. The maximum absolute atomic E-state index is 11.8. The van der Waals surface area contributed by atoms with Crippen LogP contribution in [0.5, 0.6) is 5.75 Å². The Morgan fingerprint density at radius 1 is 1.26 bits per heavy atom. The van der Waals surface area contributed by atoms with Crippen molar-refractivity contribution >= 4 is 41.0 Å². The number of amides is 2. The minimum atomic E-state index is -0.743. The fraction of sp³-hybridized carbons (Fsp3) is 0.118. The Labute approximate surface area is 158 Å². The third-order valence-electron chi connectivity index (χ3n) is 3.38. The second-order valence-corrected chi connectivity index (χ2v) is 5.89. The standard InChI is InChI=1S/C17H15ClN4O5/c1-10-2-4-12(7-13(10)18)20-16(24)8-17(25)21-19-9-11-3-5-15(23)14(6-11)22(26)27/h2-7,9,23H,8H2,1H3,(H,20,24)(H,21,25)/b19-9+. The average Bonchev–Trinajstić information content (AvgIpc) is 2.59. The molecule has 3 N–H and O–H groups in total. The van der Waals surface area contributed by atoms with Gasteiger partial charge in [0, 0.05) is 22.3 Å². The number of rotatable bonds is 6. The van der Waals surface area contributed by atoms with Gasteiger partial charge in [0.2, 0.25) is 11.8 Å². The van der Waals surface area contributed by atoms with Crippen LogP contribution in [0.25, 0.3) is 0 Å². The van der Waals surface area contributed by atoms with Crippen molar-refractivity contribution in [3.8, 4) is 5.75 Å². The number of phenols is 1. The van der Waals surface area contributed by atoms with Gasteiger partial charge in [-0.05, 0) is 36.8 Å². The summed E-state index contributed by atoms with van der Waals surface area (Å²) in [6.07, 6.45) is 0.681. The molecule has 0 heterocycles. The summed E-state index contributed by atoms with van der Waals surface area (Å²) in [7, 11) is 0. The first-order chi connectivity index (χ1) is 12.8. The van der Waals surface area contributed by atoms with Crippen molar-refractivity contribution in [2.45, 2.75) is 13.3 Å². The molecule has 140 valence electrons. The van der Waals surface area contributed by atoms with Gasteiger partial charge in [0.15, 0.2) is 5.75 Å². The van der Waals surface area contributed by atoms with E-state index in [0.717, 1.165) is 23.9 Å². The number of anilines is 1. The second-order valence-electron chi connectivity index (χ2n) is 5.49. The van der Waals surface area contributed by atoms with Crippen LogP contribution in [0.2, 0.25) is 5.02 Å². The molecule has 0 bridgehead atoms. The quantitative estimate of drug-likeness (QED) is 0.302. The van der Waals surface area contributed by atoms with Gasteiger partial charge in [-0.2, -0.15) is 5.10 Å². The molecule has 2 rings (SSSR count). The summed E-state index contributed by atoms with van der Waals surface area (Å²) in [5.41, 5.74) is 3.27. The molecule has 0 radical (unpaired) electrons. The Hall–Kier alpha value is -3.46. The van der Waals surface area contributed by atoms with Crippen molar-refractivity contribution in [2.75, 3.05) is 5.32 Å². The lowest BCUT2D eigenvalue weighted by atomic mass is 10.2. The van der Waals surface area contributed by atoms with Gasteiger partial charge in [-0.3, -0.25) is 19.7 Å². The second kappa shape index (κ2) is 8.77. The van der Waals surface area contributed by atoms with Crippen molar-refractivity contribution in [3.05, 3.63) is 62.7 Å². The molecule has 2 aromatic carbocycles. The van der Waals surface area contributed by atoms with Crippen molar-refractivity contribution in [1.29, 1.82) is 0 Å². The van der Waals surface area contributed by atoms with E-state index in [1.807, 2.05) is 6.92 Å². The first kappa shape index (κ1) is 19.9. The molecule has 0 saturated heterocycles. The van der Waals surface area contributed by atoms with Crippen LogP contribution >= 0.6 is 11.6 Å². The van der Waals surface area contributed by atoms with E-state index >= 15 is 0 Å². The molecular formula is C17H15ClN4O5. The number of carbonyl (C=O) groups is 2. The molecule has 0 aliphatic rings. The molecule has 0 saturated carbocycles. The number of carbonyl (C=O) groups excluding carboxylic acids is 2. The summed E-state index contributed by atoms with van der Waals surface area (Å²) in [5, 5.41) is 26.8. The van der Waals surface area contributed by atoms with Crippen LogP contribution in [0.1, 0.15) is 17.5 Å². The number of phenolic OH excluding ortho intramolecular Hbond substituents is 1. The predicted molar refractivity (Wildman–Crippen MR) is 99.9 cm³/mol. The number of hydrogen-bond acceptors (Lipinski definition) is 6. The summed E-state index contributed by atoms with van der Waals surface area (Å²) in [5.74, 6) is -1.70. The van der Waals surface area contributed by atoms with Gasteiger partial charge in [0.1, 0.15) is 6.42 Å². The maximum atomic E-state index is 11.8. The van der Waals surface area contributed by atoms with Crippen LogP contribution in [0.3, 0.4) is 0 Å². The zero-order valence-electron chi connectivity index (χ0n) is 14.1. The highest BCUT2D eigenvalue weighted by molar-refractivity contribution is 6.31. The van der Waals surface area contributed by atoms with Crippen LogP contribution in [0, 0.1) is 17.0 Å². The van der Waals surface area contributed by atoms with E-state index in [4.69, 9.17) is 11.6 Å². The molecule has 0 spiro atoms. The molecule has 0 aromatic heterocycles. The summed E-state index contributed by atoms with van der Waals surface area (Å²) >= 11 is 5.96. The Balaban J connectivity index is 1.89. The molecule has 0 atom stereocenters. The molecular weight excluding hydrogens is 376 g/mol. The molecule has 2 aromatic rings. The van der Waals surface area contributed by atoms with Crippen molar-refractivity contribution in [1.82, 2.24) is 5.43 Å². The van der Waals surface area contributed by atoms with Gasteiger partial charge in [0.25, 0.3) is 0 Å². The molecule has 2 amide bonds. The predicted octanol–water partition coefficient (Wildman–Crippen LogP) is 2.74. The minimum absolute atomic E-state index is 0.290. The average molecular weight is 391 g/mol. The van der Waals surface area contributed by atoms with Gasteiger partial charge < -0.3 is 10.4 Å². The van der Waals surface area contributed by atoms with Crippen LogP contribution < -0.4 is 10.7 Å². The summed E-state index contributed by atoms with van der Waals surface area (Å²) in [6.45, 7) is 1.82. The largest absolute Gasteiger partial charge is 0.502 e. The van der Waals surface area contributed by atoms with E-state index in [9.17, 15) is 24.8 Å². The molecule has 0 aliphatic carbocycles. The van der Waals surface area contributed by atoms with E-state index in [2.05, 4.69) is 15.8 Å². The van der Waals surface area contributed by atoms with Crippen molar-refractivity contribution < 1.29 is 19.6 Å². The summed E-state index contributed by atoms with van der Waals surface area (Å²) < 4.78 is 0. The third-order valence-corrected chi connectivity index (χ3v) is 3.78. The Morgan fingerprint density at radius 3 is 2.67 bits per heavy atom. The van der Waals surface area contributed by atoms with Gasteiger partial charge in [0.05, 0.1) is 11.1 Å². The fourth-order valence-electron chi connectivity index (χ4n) is 2.01. The number of nitro groups is 1. The number of hydrogen-bond donors (Lipinski definition) is 3. The first-order valence-corrected chi connectivity index (χ1v) is 7.99. The first-order valence-electron chi connectivity index (χ1n) is 7.61. The molecule has 27 heavy (non-hydrogen) atoms. The number of nitrogens with zero attached hydrogens (tertiary/aromatic N) is 2. The van der Waals surface area contributed by atoms with Crippen molar-refractivity contribution in [2.24, 2.45) is 5.10 Å². The number of aromatic hydroxyl groups is 1. The summed E-state index contributed by atoms with van der Waals surface area (Å²) in [4.78, 5) is 33.6. The number of halogens is 1. The van der Waals surface area contributed by atoms with Crippen LogP contribution in [-0.4, -0.2) is 28.1 Å². The highest BCUT2D eigenvalue weighted by Gasteiger charge is 2.13. The monoisotopic (exact) mass is 390 g/mol. The molecule has 0 aliphatic heterocycles. The summed E-state index contributed by atoms with van der Waals surface area (Å²) in [6, 6.07) is 8.58. The van der Waals surface area contributed by atoms with Crippen LogP contribution in [0.4, 0.5) is 11.4 Å². The zero-order chi connectivity index (χ0) is 20.0. The van der Waals surface area contributed by atoms with Crippen LogP contribution in [-0.2, 0) is 9.59 Å². The topological polar surface area (TPSA) is 134 Å². The molecule has 10 heteroatoms. The molecule has 0 fully saturated rings. The highest BCUT2D eigenvalue weighted by atomic mass is 35.5. The van der Waals surface area contributed by atoms with E-state index in [1.54, 1.807) is 18.2 Å². The van der Waals surface area contributed by atoms with E-state index < -0.39 is 34.6 Å². The lowest BCUT2D eigenvalue weighted by Crippen LogP contribution is -2.24. The number of benzene rings is 2. The van der Waals surface area contributed by atoms with E-state index in [0.29, 0.717) is 16.3 Å². The molecule has 0 unspecified atom stereocenters. The number of hydrazone groups is 1. The minimum Gasteiger partial charge on any atom is -0.502 e. The zero-order valence-corrected chi connectivity index (χ0v) is 14.9. The Kier molecular flexibility index (Phi) is 6.45. The highest BCUT2D eigenvalue weighted by Crippen LogP contribution is 2.25. The molecule has 9 nitrogen and oxygen atoms in total. The van der Waals surface area contributed by atoms with Gasteiger partial charge in [-0.15, -0.1) is 0 Å². The van der Waals surface area contributed by atoms with Crippen LogP contribution in [0.15, 0.2) is 41.5 Å². The third kappa shape index (κ3) is 5.79. The normalized spacial score (nSPS) is 10.6. The van der Waals surface area contributed by atoms with E-state index in [-0.39, 0.29) is 0 Å². The number of nitrogens with one attached hydrogen (secondary N) is 2. The lowest BCUT2D eigenvalue weighted by Gasteiger charge is -2.06. The van der Waals surface area contributed by atoms with Gasteiger partial charge in [-0.1, -0.05) is 17.7 Å².